The van der Waals surface area contributed by atoms with Gasteiger partial charge in [-0.1, -0.05) is 0 Å². The molecule has 6 heteroatoms. The number of likely N-dealkylation sites (tertiary alicyclic amines) is 1. The first-order valence-electron chi connectivity index (χ1n) is 6.81. The fourth-order valence-electron chi connectivity index (χ4n) is 2.58. The predicted octanol–water partition coefficient (Wildman–Crippen LogP) is 0.911. The number of amides is 1. The zero-order chi connectivity index (χ0) is 14.7. The van der Waals surface area contributed by atoms with Crippen molar-refractivity contribution in [2.45, 2.75) is 18.9 Å². The molecule has 1 amide bonds. The van der Waals surface area contributed by atoms with E-state index < -0.39 is 5.97 Å². The SMILES string of the molecule is CN(C)C(=O)CN1CCC(n2cccc2C(=O)O)CC1. The second-order valence-electron chi connectivity index (χ2n) is 5.40. The van der Waals surface area contributed by atoms with Crippen LogP contribution in [-0.4, -0.2) is 65.1 Å². The molecule has 0 spiro atoms. The summed E-state index contributed by atoms with van der Waals surface area (Å²) in [5.74, 6) is -0.782. The third-order valence-electron chi connectivity index (χ3n) is 3.81. The van der Waals surface area contributed by atoms with E-state index in [0.717, 1.165) is 25.9 Å². The molecular weight excluding hydrogens is 258 g/mol. The molecule has 1 saturated heterocycles. The largest absolute Gasteiger partial charge is 0.477 e. The van der Waals surface area contributed by atoms with E-state index in [4.69, 9.17) is 5.11 Å². The fourth-order valence-corrected chi connectivity index (χ4v) is 2.58. The minimum Gasteiger partial charge on any atom is -0.477 e. The molecule has 0 aliphatic carbocycles. The van der Waals surface area contributed by atoms with Crippen LogP contribution in [-0.2, 0) is 4.79 Å². The van der Waals surface area contributed by atoms with Crippen molar-refractivity contribution in [3.05, 3.63) is 24.0 Å². The molecule has 1 aromatic heterocycles. The molecule has 0 aromatic carbocycles. The van der Waals surface area contributed by atoms with E-state index in [0.29, 0.717) is 12.2 Å². The lowest BCUT2D eigenvalue weighted by Crippen LogP contribution is -2.41. The minimum absolute atomic E-state index is 0.107. The zero-order valence-electron chi connectivity index (χ0n) is 12.0. The van der Waals surface area contributed by atoms with Gasteiger partial charge in [0.05, 0.1) is 6.54 Å². The van der Waals surface area contributed by atoms with Crippen LogP contribution < -0.4 is 0 Å². The summed E-state index contributed by atoms with van der Waals surface area (Å²) in [7, 11) is 3.52. The van der Waals surface area contributed by atoms with E-state index in [-0.39, 0.29) is 11.9 Å². The smallest absolute Gasteiger partial charge is 0.352 e. The number of carbonyl (C=O) groups is 2. The van der Waals surface area contributed by atoms with E-state index in [2.05, 4.69) is 4.90 Å². The second kappa shape index (κ2) is 6.09. The van der Waals surface area contributed by atoms with Crippen molar-refractivity contribution in [1.82, 2.24) is 14.4 Å². The van der Waals surface area contributed by atoms with Gasteiger partial charge in [0.1, 0.15) is 5.69 Å². The zero-order valence-corrected chi connectivity index (χ0v) is 12.0. The molecule has 2 heterocycles. The Hall–Kier alpha value is -1.82. The molecular formula is C14H21N3O3. The van der Waals surface area contributed by atoms with Gasteiger partial charge in [0.15, 0.2) is 0 Å². The Kier molecular flexibility index (Phi) is 4.44. The topological polar surface area (TPSA) is 65.8 Å². The maximum atomic E-state index is 11.7. The fraction of sp³-hybridized carbons (Fsp3) is 0.571. The first-order chi connectivity index (χ1) is 9.49. The van der Waals surface area contributed by atoms with Gasteiger partial charge in [-0.25, -0.2) is 4.79 Å². The Morgan fingerprint density at radius 2 is 2.00 bits per heavy atom. The lowest BCUT2D eigenvalue weighted by atomic mass is 10.0. The number of likely N-dealkylation sites (N-methyl/N-ethyl adjacent to an activating group) is 1. The average Bonchev–Trinajstić information content (AvgIpc) is 2.88. The lowest BCUT2D eigenvalue weighted by molar-refractivity contribution is -0.130. The van der Waals surface area contributed by atoms with Crippen LogP contribution in [0.4, 0.5) is 0 Å². The summed E-state index contributed by atoms with van der Waals surface area (Å²) < 4.78 is 1.84. The molecule has 0 atom stereocenters. The van der Waals surface area contributed by atoms with E-state index in [9.17, 15) is 9.59 Å². The van der Waals surface area contributed by atoms with Crippen molar-refractivity contribution < 1.29 is 14.7 Å². The highest BCUT2D eigenvalue weighted by atomic mass is 16.4. The van der Waals surface area contributed by atoms with Crippen LogP contribution in [0, 0.1) is 0 Å². The van der Waals surface area contributed by atoms with Crippen LogP contribution in [0.3, 0.4) is 0 Å². The van der Waals surface area contributed by atoms with Crippen molar-refractivity contribution in [3.63, 3.8) is 0 Å². The quantitative estimate of drug-likeness (QED) is 0.889. The number of nitrogens with zero attached hydrogens (tertiary/aromatic N) is 3. The summed E-state index contributed by atoms with van der Waals surface area (Å²) in [5, 5.41) is 9.14. The number of rotatable bonds is 4. The molecule has 6 nitrogen and oxygen atoms in total. The summed E-state index contributed by atoms with van der Waals surface area (Å²) >= 11 is 0. The van der Waals surface area contributed by atoms with Crippen LogP contribution in [0.25, 0.3) is 0 Å². The van der Waals surface area contributed by atoms with E-state index in [1.54, 1.807) is 31.1 Å². The van der Waals surface area contributed by atoms with E-state index in [1.165, 1.54) is 0 Å². The molecule has 1 N–H and O–H groups in total. The number of carboxylic acids is 1. The van der Waals surface area contributed by atoms with Gasteiger partial charge in [0.2, 0.25) is 5.91 Å². The summed E-state index contributed by atoms with van der Waals surface area (Å²) in [6.07, 6.45) is 3.57. The first-order valence-corrected chi connectivity index (χ1v) is 6.81. The Morgan fingerprint density at radius 1 is 1.35 bits per heavy atom. The Morgan fingerprint density at radius 3 is 2.55 bits per heavy atom. The minimum atomic E-state index is -0.889. The van der Waals surface area contributed by atoms with Crippen LogP contribution in [0.1, 0.15) is 29.4 Å². The molecule has 2 rings (SSSR count). The van der Waals surface area contributed by atoms with Crippen LogP contribution >= 0.6 is 0 Å². The lowest BCUT2D eigenvalue weighted by Gasteiger charge is -2.33. The third-order valence-corrected chi connectivity index (χ3v) is 3.81. The molecule has 20 heavy (non-hydrogen) atoms. The maximum Gasteiger partial charge on any atom is 0.352 e. The molecule has 1 fully saturated rings. The van der Waals surface area contributed by atoms with Gasteiger partial charge in [-0.05, 0) is 25.0 Å². The van der Waals surface area contributed by atoms with Crippen molar-refractivity contribution in [2.24, 2.45) is 0 Å². The molecule has 0 saturated carbocycles. The molecule has 1 aromatic rings. The number of carbonyl (C=O) groups excluding carboxylic acids is 1. The molecule has 0 unspecified atom stereocenters. The van der Waals surface area contributed by atoms with Gasteiger partial charge in [-0.3, -0.25) is 9.69 Å². The van der Waals surface area contributed by atoms with Gasteiger partial charge in [0, 0.05) is 39.4 Å². The Bertz CT molecular complexity index is 488. The van der Waals surface area contributed by atoms with E-state index >= 15 is 0 Å². The number of aromatic carboxylic acids is 1. The standard InChI is InChI=1S/C14H21N3O3/c1-15(2)13(18)10-16-8-5-11(6-9-16)17-7-3-4-12(17)14(19)20/h3-4,7,11H,5-6,8-10H2,1-2H3,(H,19,20). The van der Waals surface area contributed by atoms with Gasteiger partial charge in [0.25, 0.3) is 0 Å². The molecule has 1 aliphatic rings. The summed E-state index contributed by atoms with van der Waals surface area (Å²) in [6.45, 7) is 2.08. The molecule has 110 valence electrons. The van der Waals surface area contributed by atoms with Crippen LogP contribution in [0.2, 0.25) is 0 Å². The number of hydrogen-bond donors (Lipinski definition) is 1. The number of aromatic nitrogens is 1. The molecule has 0 radical (unpaired) electrons. The van der Waals surface area contributed by atoms with Crippen LogP contribution in [0.15, 0.2) is 18.3 Å². The average molecular weight is 279 g/mol. The molecule has 1 aliphatic heterocycles. The normalized spacial score (nSPS) is 17.1. The van der Waals surface area contributed by atoms with Gasteiger partial charge >= 0.3 is 5.97 Å². The first kappa shape index (κ1) is 14.6. The predicted molar refractivity (Wildman–Crippen MR) is 74.8 cm³/mol. The monoisotopic (exact) mass is 279 g/mol. The Labute approximate surface area is 118 Å². The van der Waals surface area contributed by atoms with Crippen molar-refractivity contribution in [1.29, 1.82) is 0 Å². The molecule has 0 bridgehead atoms. The second-order valence-corrected chi connectivity index (χ2v) is 5.40. The van der Waals surface area contributed by atoms with E-state index in [1.807, 2.05) is 10.8 Å². The third kappa shape index (κ3) is 3.19. The number of carboxylic acid groups (broad SMARTS) is 1. The number of piperidine rings is 1. The highest BCUT2D eigenvalue weighted by Gasteiger charge is 2.24. The van der Waals surface area contributed by atoms with Crippen molar-refractivity contribution in [3.8, 4) is 0 Å². The highest BCUT2D eigenvalue weighted by Crippen LogP contribution is 2.24. The highest BCUT2D eigenvalue weighted by molar-refractivity contribution is 5.85. The number of hydrogen-bond acceptors (Lipinski definition) is 3. The van der Waals surface area contributed by atoms with Crippen LogP contribution in [0.5, 0.6) is 0 Å². The summed E-state index contributed by atoms with van der Waals surface area (Å²) in [4.78, 5) is 26.5. The maximum absolute atomic E-state index is 11.7. The van der Waals surface area contributed by atoms with Gasteiger partial charge < -0.3 is 14.6 Å². The van der Waals surface area contributed by atoms with Gasteiger partial charge in [-0.15, -0.1) is 0 Å². The van der Waals surface area contributed by atoms with Gasteiger partial charge in [-0.2, -0.15) is 0 Å². The summed E-state index contributed by atoms with van der Waals surface area (Å²) in [5.41, 5.74) is 0.341. The van der Waals surface area contributed by atoms with Crippen molar-refractivity contribution in [2.75, 3.05) is 33.7 Å². The summed E-state index contributed by atoms with van der Waals surface area (Å²) in [6, 6.07) is 3.61. The Balaban J connectivity index is 1.93. The van der Waals surface area contributed by atoms with Crippen molar-refractivity contribution >= 4 is 11.9 Å².